The highest BCUT2D eigenvalue weighted by molar-refractivity contribution is 5.59. The monoisotopic (exact) mass is 493 g/mol. The Balaban J connectivity index is 1.44. The number of hydrogen-bond acceptors (Lipinski definition) is 9. The summed E-state index contributed by atoms with van der Waals surface area (Å²) >= 11 is 0. The number of piperidine rings is 1. The molecule has 35 heavy (non-hydrogen) atoms. The van der Waals surface area contributed by atoms with Gasteiger partial charge in [0.1, 0.15) is 18.2 Å². The molecule has 0 unspecified atom stereocenters. The largest absolute Gasteiger partial charge is 0.528 e. The average Bonchev–Trinajstić information content (AvgIpc) is 3.63. The van der Waals surface area contributed by atoms with E-state index in [4.69, 9.17) is 24.2 Å². The average molecular weight is 494 g/mol. The van der Waals surface area contributed by atoms with Crippen molar-refractivity contribution < 1.29 is 37.7 Å². The third-order valence-corrected chi connectivity index (χ3v) is 5.70. The normalized spacial score (nSPS) is 16.9. The molecule has 2 fully saturated rings. The zero-order chi connectivity index (χ0) is 24.9. The quantitative estimate of drug-likeness (QED) is 0.513. The van der Waals surface area contributed by atoms with Gasteiger partial charge in [0.25, 0.3) is 0 Å². The zero-order valence-electron chi connectivity index (χ0n) is 19.7. The molecule has 190 valence electrons. The van der Waals surface area contributed by atoms with Crippen molar-refractivity contribution >= 4 is 6.16 Å². The fraction of sp³-hybridized carbons (Fsp3) is 0.542. The van der Waals surface area contributed by atoms with E-state index in [0.717, 1.165) is 25.0 Å². The lowest BCUT2D eigenvalue weighted by Crippen LogP contribution is -2.40. The minimum absolute atomic E-state index is 0.00458. The van der Waals surface area contributed by atoms with E-state index < -0.39 is 17.8 Å². The van der Waals surface area contributed by atoms with E-state index in [2.05, 4.69) is 9.97 Å². The molecule has 0 radical (unpaired) electrons. The van der Waals surface area contributed by atoms with Gasteiger partial charge in [0, 0.05) is 38.6 Å². The summed E-state index contributed by atoms with van der Waals surface area (Å²) in [6.45, 7) is 4.14. The van der Waals surface area contributed by atoms with Gasteiger partial charge in [-0.05, 0) is 50.7 Å². The molecule has 1 aromatic carbocycles. The number of benzene rings is 1. The summed E-state index contributed by atoms with van der Waals surface area (Å²) < 4.78 is 45.7. The summed E-state index contributed by atoms with van der Waals surface area (Å²) in [6.07, 6.45) is 3.05. The topological polar surface area (TPSA) is 103 Å². The van der Waals surface area contributed by atoms with Gasteiger partial charge >= 0.3 is 6.16 Å². The number of carbonyl (C=O) groups is 1. The molecule has 0 atom stereocenters. The molecule has 1 saturated carbocycles. The van der Waals surface area contributed by atoms with Crippen molar-refractivity contribution in [3.63, 3.8) is 0 Å². The molecular formula is C24H29F2N3O6. The van der Waals surface area contributed by atoms with Crippen LogP contribution in [0.2, 0.25) is 0 Å². The highest BCUT2D eigenvalue weighted by atomic mass is 19.1. The standard InChI is InChI=1S/C24H29F2N3O6/c1-14(2)32-24(31)35-29-8-5-17(6-9-29)33-22-21(15-3-4-15)23(28-13-27-22)34-20-12-18(25)16(7-10-30)11-19(20)26/h11-15,17,30H,3-10H2,1-2H3. The Kier molecular flexibility index (Phi) is 7.97. The van der Waals surface area contributed by atoms with E-state index >= 15 is 0 Å². The summed E-state index contributed by atoms with van der Waals surface area (Å²) in [7, 11) is 0. The summed E-state index contributed by atoms with van der Waals surface area (Å²) in [5.74, 6) is -1.12. The van der Waals surface area contributed by atoms with Crippen LogP contribution in [0.4, 0.5) is 13.6 Å². The molecule has 2 heterocycles. The first-order chi connectivity index (χ1) is 16.8. The first-order valence-corrected chi connectivity index (χ1v) is 11.8. The molecule has 1 aliphatic heterocycles. The van der Waals surface area contributed by atoms with E-state index in [-0.39, 0.29) is 48.3 Å². The van der Waals surface area contributed by atoms with E-state index in [1.54, 1.807) is 18.9 Å². The number of hydrogen-bond donors (Lipinski definition) is 1. The Morgan fingerprint density at radius 3 is 2.49 bits per heavy atom. The van der Waals surface area contributed by atoms with Crippen LogP contribution in [-0.4, -0.2) is 58.2 Å². The predicted octanol–water partition coefficient (Wildman–Crippen LogP) is 4.28. The van der Waals surface area contributed by atoms with Gasteiger partial charge in [-0.3, -0.25) is 0 Å². The lowest BCUT2D eigenvalue weighted by molar-refractivity contribution is -0.151. The minimum Gasteiger partial charge on any atom is -0.474 e. The van der Waals surface area contributed by atoms with Crippen LogP contribution >= 0.6 is 0 Å². The maximum Gasteiger partial charge on any atom is 0.528 e. The van der Waals surface area contributed by atoms with Crippen molar-refractivity contribution in [1.82, 2.24) is 15.0 Å². The summed E-state index contributed by atoms with van der Waals surface area (Å²) in [6, 6.07) is 1.97. The Morgan fingerprint density at radius 1 is 1.11 bits per heavy atom. The van der Waals surface area contributed by atoms with Crippen LogP contribution in [0.15, 0.2) is 18.5 Å². The van der Waals surface area contributed by atoms with Crippen LogP contribution in [0.5, 0.6) is 17.5 Å². The highest BCUT2D eigenvalue weighted by Gasteiger charge is 2.34. The van der Waals surface area contributed by atoms with Crippen molar-refractivity contribution in [1.29, 1.82) is 0 Å². The van der Waals surface area contributed by atoms with Crippen molar-refractivity contribution in [2.45, 2.75) is 64.1 Å². The third-order valence-electron chi connectivity index (χ3n) is 5.70. The summed E-state index contributed by atoms with van der Waals surface area (Å²) in [5, 5.41) is 10.6. The van der Waals surface area contributed by atoms with Gasteiger partial charge in [0.15, 0.2) is 11.6 Å². The number of aliphatic hydroxyl groups excluding tert-OH is 1. The Morgan fingerprint density at radius 2 is 1.83 bits per heavy atom. The molecule has 0 spiro atoms. The first kappa shape index (κ1) is 25.1. The minimum atomic E-state index is -0.749. The van der Waals surface area contributed by atoms with Gasteiger partial charge in [-0.25, -0.2) is 23.5 Å². The molecule has 1 saturated heterocycles. The maximum absolute atomic E-state index is 14.6. The molecular weight excluding hydrogens is 464 g/mol. The van der Waals surface area contributed by atoms with Crippen LogP contribution in [0.1, 0.15) is 56.6 Å². The number of nitrogens with zero attached hydrogens (tertiary/aromatic N) is 3. The Labute approximate surface area is 201 Å². The highest BCUT2D eigenvalue weighted by Crippen LogP contribution is 2.48. The van der Waals surface area contributed by atoms with Crippen molar-refractivity contribution in [2.75, 3.05) is 19.7 Å². The number of hydroxylamine groups is 2. The van der Waals surface area contributed by atoms with Crippen molar-refractivity contribution in [3.8, 4) is 17.5 Å². The van der Waals surface area contributed by atoms with Gasteiger partial charge < -0.3 is 24.2 Å². The second-order valence-electron chi connectivity index (χ2n) is 8.88. The van der Waals surface area contributed by atoms with Crippen LogP contribution in [0, 0.1) is 11.6 Å². The molecule has 0 bridgehead atoms. The number of rotatable bonds is 9. The van der Waals surface area contributed by atoms with E-state index in [9.17, 15) is 13.6 Å². The second kappa shape index (κ2) is 11.1. The van der Waals surface area contributed by atoms with E-state index in [0.29, 0.717) is 37.4 Å². The van der Waals surface area contributed by atoms with E-state index in [1.807, 2.05) is 0 Å². The molecule has 1 aliphatic carbocycles. The Hall–Kier alpha value is -3.05. The molecule has 11 heteroatoms. The predicted molar refractivity (Wildman–Crippen MR) is 119 cm³/mol. The van der Waals surface area contributed by atoms with Crippen LogP contribution in [-0.2, 0) is 16.0 Å². The molecule has 1 N–H and O–H groups in total. The molecule has 2 aromatic rings. The lowest BCUT2D eigenvalue weighted by Gasteiger charge is -2.30. The third kappa shape index (κ3) is 6.55. The fourth-order valence-electron chi connectivity index (χ4n) is 3.84. The van der Waals surface area contributed by atoms with Crippen molar-refractivity contribution in [2.24, 2.45) is 0 Å². The number of halogens is 2. The van der Waals surface area contributed by atoms with Crippen LogP contribution in [0.25, 0.3) is 0 Å². The second-order valence-corrected chi connectivity index (χ2v) is 8.88. The molecule has 4 rings (SSSR count). The van der Waals surface area contributed by atoms with Gasteiger partial charge in [0.05, 0.1) is 11.7 Å². The molecule has 0 amide bonds. The first-order valence-electron chi connectivity index (χ1n) is 11.8. The van der Waals surface area contributed by atoms with E-state index in [1.165, 1.54) is 6.33 Å². The Bertz CT molecular complexity index is 1040. The van der Waals surface area contributed by atoms with Crippen LogP contribution in [0.3, 0.4) is 0 Å². The van der Waals surface area contributed by atoms with Gasteiger partial charge in [0.2, 0.25) is 11.8 Å². The number of carbonyl (C=O) groups excluding carboxylic acids is 1. The van der Waals surface area contributed by atoms with Gasteiger partial charge in [-0.15, -0.1) is 5.06 Å². The molecule has 9 nitrogen and oxygen atoms in total. The fourth-order valence-corrected chi connectivity index (χ4v) is 3.84. The van der Waals surface area contributed by atoms with Crippen molar-refractivity contribution in [3.05, 3.63) is 41.2 Å². The summed E-state index contributed by atoms with van der Waals surface area (Å²) in [5.41, 5.74) is 0.699. The molecule has 2 aliphatic rings. The SMILES string of the molecule is CC(C)OC(=O)ON1CCC(Oc2ncnc(Oc3cc(F)c(CCO)cc3F)c2C2CC2)CC1. The number of aliphatic hydroxyl groups is 1. The number of ether oxygens (including phenoxy) is 3. The number of aromatic nitrogens is 2. The maximum atomic E-state index is 14.6. The lowest BCUT2D eigenvalue weighted by atomic mass is 10.1. The van der Waals surface area contributed by atoms with Gasteiger partial charge in [-0.2, -0.15) is 0 Å². The molecule has 1 aromatic heterocycles. The smallest absolute Gasteiger partial charge is 0.474 e. The zero-order valence-corrected chi connectivity index (χ0v) is 19.7. The van der Waals surface area contributed by atoms with Gasteiger partial charge in [-0.1, -0.05) is 0 Å². The van der Waals surface area contributed by atoms with Crippen LogP contribution < -0.4 is 9.47 Å². The summed E-state index contributed by atoms with van der Waals surface area (Å²) in [4.78, 5) is 25.3.